The highest BCUT2D eigenvalue weighted by atomic mass is 127. The summed E-state index contributed by atoms with van der Waals surface area (Å²) in [7, 11) is 0. The molecule has 2 amide bonds. The largest absolute Gasteiger partial charge is 0.504 e. The lowest BCUT2D eigenvalue weighted by Crippen LogP contribution is -2.33. The maximum Gasteiger partial charge on any atom is 0.293 e. The van der Waals surface area contributed by atoms with Crippen molar-refractivity contribution < 1.29 is 24.2 Å². The van der Waals surface area contributed by atoms with Crippen molar-refractivity contribution in [1.29, 1.82) is 0 Å². The third kappa shape index (κ3) is 4.93. The fourth-order valence-corrected chi connectivity index (χ4v) is 4.19. The first-order chi connectivity index (χ1) is 13.8. The van der Waals surface area contributed by atoms with Crippen molar-refractivity contribution in [3.63, 3.8) is 0 Å². The minimum absolute atomic E-state index is 0.0197. The van der Waals surface area contributed by atoms with E-state index in [-0.39, 0.29) is 23.0 Å². The fourth-order valence-electron chi connectivity index (χ4n) is 2.60. The number of nitrogens with zero attached hydrogens (tertiary/aromatic N) is 1. The first-order valence-corrected chi connectivity index (χ1v) is 10.8. The number of hydrogen-bond donors (Lipinski definition) is 1. The Morgan fingerprint density at radius 2 is 1.97 bits per heavy atom. The molecule has 0 atom stereocenters. The van der Waals surface area contributed by atoms with Crippen molar-refractivity contribution in [2.75, 3.05) is 13.2 Å². The van der Waals surface area contributed by atoms with Crippen LogP contribution in [0.4, 0.5) is 4.79 Å². The lowest BCUT2D eigenvalue weighted by Gasteiger charge is -2.11. The molecule has 0 radical (unpaired) electrons. The first kappa shape index (κ1) is 21.7. The summed E-state index contributed by atoms with van der Waals surface area (Å²) in [6.07, 6.45) is 1.54. The third-order valence-electron chi connectivity index (χ3n) is 3.99. The quantitative estimate of drug-likeness (QED) is 0.315. The van der Waals surface area contributed by atoms with Crippen molar-refractivity contribution in [3.05, 3.63) is 61.0 Å². The number of thioether (sulfide) groups is 1. The number of ether oxygens (including phenoxy) is 1. The Morgan fingerprint density at radius 1 is 1.28 bits per heavy atom. The highest BCUT2D eigenvalue weighted by molar-refractivity contribution is 14.1. The molecule has 1 saturated heterocycles. The zero-order valence-corrected chi connectivity index (χ0v) is 18.9. The number of phenols is 1. The van der Waals surface area contributed by atoms with Gasteiger partial charge in [-0.3, -0.25) is 19.3 Å². The van der Waals surface area contributed by atoms with E-state index in [0.717, 1.165) is 16.7 Å². The van der Waals surface area contributed by atoms with E-state index in [1.165, 1.54) is 0 Å². The van der Waals surface area contributed by atoms with Gasteiger partial charge in [0.2, 0.25) is 0 Å². The molecule has 150 valence electrons. The van der Waals surface area contributed by atoms with Gasteiger partial charge in [0, 0.05) is 10.6 Å². The van der Waals surface area contributed by atoms with Crippen molar-refractivity contribution >= 4 is 69.0 Å². The molecule has 1 aliphatic rings. The van der Waals surface area contributed by atoms with Gasteiger partial charge in [0.05, 0.1) is 21.6 Å². The van der Waals surface area contributed by atoms with Gasteiger partial charge < -0.3 is 9.84 Å². The number of carbonyl (C=O) groups is 3. The van der Waals surface area contributed by atoms with Gasteiger partial charge in [0.25, 0.3) is 11.1 Å². The summed E-state index contributed by atoms with van der Waals surface area (Å²) in [5.74, 6) is -0.583. The van der Waals surface area contributed by atoms with Crippen LogP contribution in [0.3, 0.4) is 0 Å². The van der Waals surface area contributed by atoms with Crippen molar-refractivity contribution in [2.45, 2.75) is 6.92 Å². The smallest absolute Gasteiger partial charge is 0.293 e. The molecule has 0 aromatic heterocycles. The summed E-state index contributed by atoms with van der Waals surface area (Å²) in [4.78, 5) is 38.5. The molecule has 29 heavy (non-hydrogen) atoms. The number of aromatic hydroxyl groups is 1. The van der Waals surface area contributed by atoms with Gasteiger partial charge in [-0.15, -0.1) is 0 Å². The molecule has 0 aliphatic carbocycles. The molecule has 6 nitrogen and oxygen atoms in total. The Morgan fingerprint density at radius 3 is 2.62 bits per heavy atom. The number of halogens is 2. The number of Topliss-reactive ketones (excluding diaryl/α,β-unsaturated/α-hetero) is 1. The van der Waals surface area contributed by atoms with Crippen LogP contribution in [0.25, 0.3) is 6.08 Å². The molecule has 0 bridgehead atoms. The minimum atomic E-state index is -0.539. The van der Waals surface area contributed by atoms with Crippen LogP contribution >= 0.6 is 46.0 Å². The molecule has 9 heteroatoms. The molecule has 0 saturated carbocycles. The molecule has 2 aromatic rings. The van der Waals surface area contributed by atoms with E-state index in [9.17, 15) is 19.5 Å². The lowest BCUT2D eigenvalue weighted by atomic mass is 10.1. The fraction of sp³-hybridized carbons (Fsp3) is 0.150. The highest BCUT2D eigenvalue weighted by Gasteiger charge is 2.36. The molecule has 1 heterocycles. The number of ketones is 1. The molecule has 0 unspecified atom stereocenters. The van der Waals surface area contributed by atoms with E-state index in [1.54, 1.807) is 49.4 Å². The Bertz CT molecular complexity index is 1020. The second-order valence-electron chi connectivity index (χ2n) is 5.98. The van der Waals surface area contributed by atoms with Crippen molar-refractivity contribution in [2.24, 2.45) is 0 Å². The van der Waals surface area contributed by atoms with Crippen LogP contribution in [0.1, 0.15) is 22.8 Å². The van der Waals surface area contributed by atoms with Crippen LogP contribution in [0, 0.1) is 3.57 Å². The molecular weight excluding hydrogens is 529 g/mol. The maximum absolute atomic E-state index is 12.7. The number of rotatable bonds is 6. The summed E-state index contributed by atoms with van der Waals surface area (Å²) in [5.41, 5.74) is 0.969. The monoisotopic (exact) mass is 543 g/mol. The standard InChI is InChI=1S/C20H15ClINO5S/c1-2-28-16-8-11(7-14(22)18(16)25)9-17-19(26)23(20(27)29-17)10-15(24)12-3-5-13(21)6-4-12/h3-9,25H,2,10H2,1H3/b17-9+. The number of imide groups is 1. The Hall–Kier alpha value is -2.04. The third-order valence-corrected chi connectivity index (χ3v) is 5.97. The maximum atomic E-state index is 12.7. The van der Waals surface area contributed by atoms with E-state index in [0.29, 0.717) is 32.1 Å². The highest BCUT2D eigenvalue weighted by Crippen LogP contribution is 2.36. The van der Waals surface area contributed by atoms with Crippen molar-refractivity contribution in [3.8, 4) is 11.5 Å². The first-order valence-electron chi connectivity index (χ1n) is 8.49. The van der Waals surface area contributed by atoms with Gasteiger partial charge in [-0.05, 0) is 89.3 Å². The lowest BCUT2D eigenvalue weighted by molar-refractivity contribution is -0.122. The molecule has 2 aromatic carbocycles. The number of hydrogen-bond acceptors (Lipinski definition) is 6. The normalized spacial score (nSPS) is 15.3. The van der Waals surface area contributed by atoms with Crippen LogP contribution in [0.15, 0.2) is 41.3 Å². The molecule has 0 spiro atoms. The number of amides is 2. The predicted octanol–water partition coefficient (Wildman–Crippen LogP) is 4.97. The van der Waals surface area contributed by atoms with Crippen LogP contribution in [0.5, 0.6) is 11.5 Å². The van der Waals surface area contributed by atoms with Crippen molar-refractivity contribution in [1.82, 2.24) is 4.90 Å². The van der Waals surface area contributed by atoms with E-state index in [4.69, 9.17) is 16.3 Å². The SMILES string of the molecule is CCOc1cc(/C=C2/SC(=O)N(CC(=O)c3ccc(Cl)cc3)C2=O)cc(I)c1O. The number of carbonyl (C=O) groups excluding carboxylic acids is 3. The average molecular weight is 544 g/mol. The summed E-state index contributed by atoms with van der Waals surface area (Å²) in [6, 6.07) is 9.51. The second-order valence-corrected chi connectivity index (χ2v) is 8.57. The van der Waals surface area contributed by atoms with E-state index in [2.05, 4.69) is 0 Å². The van der Waals surface area contributed by atoms with E-state index < -0.39 is 11.1 Å². The van der Waals surface area contributed by atoms with Crippen LogP contribution in [-0.2, 0) is 4.79 Å². The number of benzene rings is 2. The number of phenolic OH excluding ortho intramolecular Hbond substituents is 1. The van der Waals surface area contributed by atoms with Gasteiger partial charge in [0.15, 0.2) is 17.3 Å². The molecule has 1 N–H and O–H groups in total. The van der Waals surface area contributed by atoms with Crippen LogP contribution < -0.4 is 4.74 Å². The van der Waals surface area contributed by atoms with E-state index in [1.807, 2.05) is 22.6 Å². The summed E-state index contributed by atoms with van der Waals surface area (Å²) in [6.45, 7) is 1.82. The Labute approximate surface area is 190 Å². The van der Waals surface area contributed by atoms with Gasteiger partial charge >= 0.3 is 0 Å². The van der Waals surface area contributed by atoms with Gasteiger partial charge in [-0.1, -0.05) is 11.6 Å². The zero-order chi connectivity index (χ0) is 21.1. The summed E-state index contributed by atoms with van der Waals surface area (Å²) in [5, 5.41) is 10.0. The molecule has 1 fully saturated rings. The summed E-state index contributed by atoms with van der Waals surface area (Å²) >= 11 is 8.54. The Kier molecular flexibility index (Phi) is 6.86. The minimum Gasteiger partial charge on any atom is -0.504 e. The molecular formula is C20H15ClINO5S. The van der Waals surface area contributed by atoms with E-state index >= 15 is 0 Å². The molecule has 1 aliphatic heterocycles. The van der Waals surface area contributed by atoms with Gasteiger partial charge in [-0.25, -0.2) is 0 Å². The predicted molar refractivity (Wildman–Crippen MR) is 120 cm³/mol. The van der Waals surface area contributed by atoms with Gasteiger partial charge in [-0.2, -0.15) is 0 Å². The van der Waals surface area contributed by atoms with Crippen LogP contribution in [0.2, 0.25) is 5.02 Å². The Balaban J connectivity index is 1.81. The summed E-state index contributed by atoms with van der Waals surface area (Å²) < 4.78 is 5.95. The second kappa shape index (κ2) is 9.19. The zero-order valence-electron chi connectivity index (χ0n) is 15.1. The van der Waals surface area contributed by atoms with Crippen LogP contribution in [-0.4, -0.2) is 40.1 Å². The average Bonchev–Trinajstić information content (AvgIpc) is 2.93. The van der Waals surface area contributed by atoms with Gasteiger partial charge in [0.1, 0.15) is 0 Å². The molecule has 3 rings (SSSR count). The topological polar surface area (TPSA) is 83.9 Å².